The Bertz CT molecular complexity index is 1020. The van der Waals surface area contributed by atoms with Gasteiger partial charge in [0.05, 0.1) is 0 Å². The van der Waals surface area contributed by atoms with Gasteiger partial charge >= 0.3 is 0 Å². The van der Waals surface area contributed by atoms with Crippen LogP contribution in [0.2, 0.25) is 0 Å². The Morgan fingerprint density at radius 1 is 1.09 bits per heavy atom. The number of aryl methyl sites for hydroxylation is 1. The van der Waals surface area contributed by atoms with Crippen LogP contribution in [0.5, 0.6) is 0 Å². The van der Waals surface area contributed by atoms with Gasteiger partial charge in [0.2, 0.25) is 11.9 Å². The Labute approximate surface area is 188 Å². The Balaban J connectivity index is 1.92. The van der Waals surface area contributed by atoms with Crippen LogP contribution in [-0.4, -0.2) is 15.2 Å². The number of anilines is 3. The first kappa shape index (κ1) is 23.7. The van der Waals surface area contributed by atoms with E-state index in [1.54, 1.807) is 0 Å². The van der Waals surface area contributed by atoms with Crippen molar-refractivity contribution in [2.75, 3.05) is 11.1 Å². The predicted molar refractivity (Wildman–Crippen MR) is 127 cm³/mol. The summed E-state index contributed by atoms with van der Waals surface area (Å²) in [5, 5.41) is 9.38. The molecule has 0 fully saturated rings. The fourth-order valence-corrected chi connectivity index (χ4v) is 4.35. The standard InChI is InChI=1S/C25H33F2N5/c1-5-7-17(8-6-2)14-18-9-11-19(12-10-18)22-16(3)13-20(15-21(22)25(4,26)27)29-24-30-23(28)31-32-24/h9-13,15,17H,5-8,14H2,1-4H3,(H4,28,29,30,31,32). The van der Waals surface area contributed by atoms with Crippen LogP contribution in [0.15, 0.2) is 36.4 Å². The molecule has 0 amide bonds. The van der Waals surface area contributed by atoms with Crippen LogP contribution in [0.4, 0.5) is 26.4 Å². The molecule has 0 aliphatic heterocycles. The van der Waals surface area contributed by atoms with Crippen LogP contribution in [0.3, 0.4) is 0 Å². The lowest BCUT2D eigenvalue weighted by Crippen LogP contribution is -2.11. The van der Waals surface area contributed by atoms with Gasteiger partial charge in [-0.05, 0) is 53.6 Å². The first-order chi connectivity index (χ1) is 15.2. The van der Waals surface area contributed by atoms with Crippen LogP contribution in [0.1, 0.15) is 63.1 Å². The lowest BCUT2D eigenvalue weighted by molar-refractivity contribution is 0.0181. The molecule has 172 valence electrons. The van der Waals surface area contributed by atoms with E-state index >= 15 is 0 Å². The summed E-state index contributed by atoms with van der Waals surface area (Å²) in [4.78, 5) is 3.98. The number of nitrogens with one attached hydrogen (secondary N) is 2. The molecule has 2 aromatic carbocycles. The van der Waals surface area contributed by atoms with E-state index in [1.807, 2.05) is 25.1 Å². The molecule has 5 nitrogen and oxygen atoms in total. The maximum Gasteiger partial charge on any atom is 0.271 e. The van der Waals surface area contributed by atoms with E-state index in [1.165, 1.54) is 37.3 Å². The molecule has 0 bridgehead atoms. The molecular formula is C25H33F2N5. The molecule has 32 heavy (non-hydrogen) atoms. The summed E-state index contributed by atoms with van der Waals surface area (Å²) >= 11 is 0. The first-order valence-electron chi connectivity index (χ1n) is 11.3. The maximum absolute atomic E-state index is 14.6. The first-order valence-corrected chi connectivity index (χ1v) is 11.3. The summed E-state index contributed by atoms with van der Waals surface area (Å²) in [5.41, 5.74) is 9.35. The van der Waals surface area contributed by atoms with Gasteiger partial charge in [-0.1, -0.05) is 63.8 Å². The molecule has 0 atom stereocenters. The average molecular weight is 442 g/mol. The van der Waals surface area contributed by atoms with E-state index in [4.69, 9.17) is 5.73 Å². The summed E-state index contributed by atoms with van der Waals surface area (Å²) in [6, 6.07) is 11.4. The number of benzene rings is 2. The predicted octanol–water partition coefficient (Wildman–Crippen LogP) is 6.98. The monoisotopic (exact) mass is 441 g/mol. The molecule has 1 aromatic heterocycles. The van der Waals surface area contributed by atoms with Gasteiger partial charge in [-0.2, -0.15) is 4.98 Å². The number of H-pyrrole nitrogens is 1. The highest BCUT2D eigenvalue weighted by Crippen LogP contribution is 2.40. The summed E-state index contributed by atoms with van der Waals surface area (Å²) in [6.07, 6.45) is 5.81. The third-order valence-electron chi connectivity index (χ3n) is 5.73. The molecule has 0 aliphatic rings. The molecule has 0 spiro atoms. The zero-order valence-corrected chi connectivity index (χ0v) is 19.3. The molecule has 0 aliphatic carbocycles. The van der Waals surface area contributed by atoms with Crippen molar-refractivity contribution in [3.05, 3.63) is 53.1 Å². The Hall–Kier alpha value is -2.96. The minimum absolute atomic E-state index is 0.0360. The fourth-order valence-electron chi connectivity index (χ4n) is 4.35. The SMILES string of the molecule is CCCC(CCC)Cc1ccc(-c2c(C)cc(Nc3n[nH]c(N)n3)cc2C(C)(F)F)cc1. The third-order valence-corrected chi connectivity index (χ3v) is 5.73. The molecule has 0 saturated heterocycles. The second-order valence-corrected chi connectivity index (χ2v) is 8.62. The van der Waals surface area contributed by atoms with Gasteiger partial charge < -0.3 is 11.1 Å². The highest BCUT2D eigenvalue weighted by molar-refractivity contribution is 5.76. The third kappa shape index (κ3) is 5.84. The Morgan fingerprint density at radius 2 is 1.75 bits per heavy atom. The topological polar surface area (TPSA) is 79.6 Å². The van der Waals surface area contributed by atoms with E-state index in [0.717, 1.165) is 24.5 Å². The zero-order valence-electron chi connectivity index (χ0n) is 19.3. The van der Waals surface area contributed by atoms with Crippen LogP contribution in [0.25, 0.3) is 11.1 Å². The summed E-state index contributed by atoms with van der Waals surface area (Å²) in [6.45, 7) is 7.20. The van der Waals surface area contributed by atoms with E-state index in [2.05, 4.69) is 46.5 Å². The van der Waals surface area contributed by atoms with Crippen LogP contribution >= 0.6 is 0 Å². The van der Waals surface area contributed by atoms with Crippen molar-refractivity contribution in [2.45, 2.75) is 65.7 Å². The van der Waals surface area contributed by atoms with E-state index < -0.39 is 5.92 Å². The number of aromatic amines is 1. The van der Waals surface area contributed by atoms with Crippen molar-refractivity contribution in [3.8, 4) is 11.1 Å². The van der Waals surface area contributed by atoms with Gasteiger partial charge in [-0.3, -0.25) is 0 Å². The summed E-state index contributed by atoms with van der Waals surface area (Å²) in [5.74, 6) is -1.95. The minimum atomic E-state index is -3.01. The van der Waals surface area contributed by atoms with Crippen molar-refractivity contribution in [1.29, 1.82) is 0 Å². The zero-order chi connectivity index (χ0) is 23.3. The van der Waals surface area contributed by atoms with Crippen molar-refractivity contribution in [1.82, 2.24) is 15.2 Å². The van der Waals surface area contributed by atoms with Crippen molar-refractivity contribution in [3.63, 3.8) is 0 Å². The minimum Gasteiger partial charge on any atom is -0.368 e. The van der Waals surface area contributed by atoms with E-state index in [9.17, 15) is 8.78 Å². The Morgan fingerprint density at radius 3 is 2.28 bits per heavy atom. The van der Waals surface area contributed by atoms with Crippen molar-refractivity contribution < 1.29 is 8.78 Å². The van der Waals surface area contributed by atoms with Gasteiger partial charge in [0.25, 0.3) is 5.92 Å². The highest BCUT2D eigenvalue weighted by atomic mass is 19.3. The maximum atomic E-state index is 14.6. The molecule has 3 rings (SSSR count). The molecule has 0 saturated carbocycles. The van der Waals surface area contributed by atoms with Crippen LogP contribution in [-0.2, 0) is 12.3 Å². The van der Waals surface area contributed by atoms with Crippen LogP contribution < -0.4 is 11.1 Å². The number of nitrogens with two attached hydrogens (primary N) is 1. The van der Waals surface area contributed by atoms with Gasteiger partial charge in [-0.15, -0.1) is 5.10 Å². The van der Waals surface area contributed by atoms with Gasteiger partial charge in [-0.25, -0.2) is 13.9 Å². The molecule has 4 N–H and O–H groups in total. The lowest BCUT2D eigenvalue weighted by Gasteiger charge is -2.21. The number of hydrogen-bond donors (Lipinski definition) is 3. The second-order valence-electron chi connectivity index (χ2n) is 8.62. The number of halogens is 2. The van der Waals surface area contributed by atoms with Crippen molar-refractivity contribution >= 4 is 17.6 Å². The summed E-state index contributed by atoms with van der Waals surface area (Å²) < 4.78 is 29.3. The van der Waals surface area contributed by atoms with E-state index in [-0.39, 0.29) is 17.5 Å². The average Bonchev–Trinajstić information content (AvgIpc) is 3.13. The second kappa shape index (κ2) is 10.1. The highest BCUT2D eigenvalue weighted by Gasteiger charge is 2.30. The molecular weight excluding hydrogens is 408 g/mol. The van der Waals surface area contributed by atoms with Crippen molar-refractivity contribution in [2.24, 2.45) is 5.92 Å². The number of nitrogen functional groups attached to an aromatic ring is 1. The molecule has 3 aromatic rings. The molecule has 0 unspecified atom stereocenters. The van der Waals surface area contributed by atoms with Gasteiger partial charge in [0.1, 0.15) is 0 Å². The molecule has 0 radical (unpaired) electrons. The Kier molecular flexibility index (Phi) is 7.48. The van der Waals surface area contributed by atoms with Gasteiger partial charge in [0, 0.05) is 18.2 Å². The number of aromatic nitrogens is 3. The van der Waals surface area contributed by atoms with E-state index in [0.29, 0.717) is 17.2 Å². The summed E-state index contributed by atoms with van der Waals surface area (Å²) in [7, 11) is 0. The number of alkyl halides is 2. The smallest absolute Gasteiger partial charge is 0.271 e. The molecule has 7 heteroatoms. The fraction of sp³-hybridized carbons (Fsp3) is 0.440. The molecule has 1 heterocycles. The number of rotatable bonds is 10. The quantitative estimate of drug-likeness (QED) is 0.317. The lowest BCUT2D eigenvalue weighted by atomic mass is 9.88. The van der Waals surface area contributed by atoms with Gasteiger partial charge in [0.15, 0.2) is 0 Å². The number of nitrogens with zero attached hydrogens (tertiary/aromatic N) is 2. The number of hydrogen-bond acceptors (Lipinski definition) is 4. The van der Waals surface area contributed by atoms with Crippen LogP contribution in [0, 0.1) is 12.8 Å². The largest absolute Gasteiger partial charge is 0.368 e. The normalized spacial score (nSPS) is 11.8.